The van der Waals surface area contributed by atoms with Crippen LogP contribution in [0.1, 0.15) is 19.3 Å². The molecule has 2 heterocycles. The summed E-state index contributed by atoms with van der Waals surface area (Å²) in [5.41, 5.74) is 2.00. The number of nitrogens with zero attached hydrogens (tertiary/aromatic N) is 2. The van der Waals surface area contributed by atoms with Crippen molar-refractivity contribution >= 4 is 38.4 Å². The molecule has 0 bridgehead atoms. The van der Waals surface area contributed by atoms with Gasteiger partial charge < -0.3 is 10.2 Å². The number of likely N-dealkylation sites (tertiary alicyclic amines) is 1. The Morgan fingerprint density at radius 1 is 1.29 bits per heavy atom. The van der Waals surface area contributed by atoms with Gasteiger partial charge in [0.1, 0.15) is 0 Å². The fraction of sp³-hybridized carbons (Fsp3) is 0.375. The number of carbonyl (C=O) groups is 1. The number of fused-ring (bicyclic) bond motifs is 1. The number of anilines is 1. The van der Waals surface area contributed by atoms with E-state index in [4.69, 9.17) is 0 Å². The van der Waals surface area contributed by atoms with Gasteiger partial charge in [-0.05, 0) is 40.9 Å². The number of hydrogen-bond donors (Lipinski definition) is 1. The minimum absolute atomic E-state index is 0.197. The van der Waals surface area contributed by atoms with E-state index in [1.165, 1.54) is 12.8 Å². The molecule has 2 aliphatic rings. The fourth-order valence-electron chi connectivity index (χ4n) is 3.05. The van der Waals surface area contributed by atoms with Crippen molar-refractivity contribution in [2.45, 2.75) is 31.3 Å². The SMILES string of the molecule is O=C1CC(Nc2ccnc3c(Br)cccc23)CN1C1CC1. The Labute approximate surface area is 131 Å². The van der Waals surface area contributed by atoms with Gasteiger partial charge in [0.2, 0.25) is 5.91 Å². The van der Waals surface area contributed by atoms with Crippen LogP contribution in [0.2, 0.25) is 0 Å². The molecular formula is C16H16BrN3O. The van der Waals surface area contributed by atoms with Crippen molar-refractivity contribution in [1.29, 1.82) is 0 Å². The number of benzene rings is 1. The third-order valence-electron chi connectivity index (χ3n) is 4.23. The number of hydrogen-bond acceptors (Lipinski definition) is 3. The molecule has 1 saturated heterocycles. The molecule has 4 nitrogen and oxygen atoms in total. The highest BCUT2D eigenvalue weighted by molar-refractivity contribution is 9.10. The second kappa shape index (κ2) is 4.98. The topological polar surface area (TPSA) is 45.2 Å². The van der Waals surface area contributed by atoms with Crippen molar-refractivity contribution < 1.29 is 4.79 Å². The summed E-state index contributed by atoms with van der Waals surface area (Å²) in [6.07, 6.45) is 4.74. The largest absolute Gasteiger partial charge is 0.379 e. The second-order valence-corrected chi connectivity index (χ2v) is 6.67. The third-order valence-corrected chi connectivity index (χ3v) is 4.87. The van der Waals surface area contributed by atoms with E-state index >= 15 is 0 Å². The van der Waals surface area contributed by atoms with E-state index < -0.39 is 0 Å². The number of rotatable bonds is 3. The maximum absolute atomic E-state index is 12.0. The van der Waals surface area contributed by atoms with Crippen LogP contribution < -0.4 is 5.32 Å². The van der Waals surface area contributed by atoms with Gasteiger partial charge in [0.05, 0.1) is 11.6 Å². The van der Waals surface area contributed by atoms with E-state index in [2.05, 4.69) is 32.3 Å². The van der Waals surface area contributed by atoms with E-state index in [1.807, 2.05) is 29.3 Å². The summed E-state index contributed by atoms with van der Waals surface area (Å²) >= 11 is 3.54. The maximum Gasteiger partial charge on any atom is 0.225 e. The molecule has 1 aromatic carbocycles. The third kappa shape index (κ3) is 2.39. The molecule has 1 aliphatic carbocycles. The van der Waals surface area contributed by atoms with Gasteiger partial charge in [-0.2, -0.15) is 0 Å². The molecule has 1 N–H and O–H groups in total. The second-order valence-electron chi connectivity index (χ2n) is 5.82. The van der Waals surface area contributed by atoms with E-state index in [1.54, 1.807) is 0 Å². The molecule has 21 heavy (non-hydrogen) atoms. The van der Waals surface area contributed by atoms with Gasteiger partial charge in [0.25, 0.3) is 0 Å². The molecule has 108 valence electrons. The van der Waals surface area contributed by atoms with Crippen LogP contribution in [-0.2, 0) is 4.79 Å². The number of pyridine rings is 1. The molecule has 2 aromatic rings. The van der Waals surface area contributed by atoms with Gasteiger partial charge in [0.15, 0.2) is 0 Å². The molecule has 1 aromatic heterocycles. The average molecular weight is 346 g/mol. The Kier molecular flexibility index (Phi) is 3.10. The first-order valence-electron chi connectivity index (χ1n) is 7.31. The standard InChI is InChI=1S/C16H16BrN3O/c17-13-3-1-2-12-14(6-7-18-16(12)13)19-10-8-15(21)20(9-10)11-4-5-11/h1-3,6-7,10-11H,4-5,8-9H2,(H,18,19). The van der Waals surface area contributed by atoms with Crippen LogP contribution in [0, 0.1) is 0 Å². The van der Waals surface area contributed by atoms with Gasteiger partial charge in [-0.25, -0.2) is 0 Å². The number of nitrogens with one attached hydrogen (secondary N) is 1. The first-order valence-corrected chi connectivity index (χ1v) is 8.11. The van der Waals surface area contributed by atoms with E-state index in [-0.39, 0.29) is 11.9 Å². The smallest absolute Gasteiger partial charge is 0.225 e. The molecule has 1 unspecified atom stereocenters. The maximum atomic E-state index is 12.0. The molecule has 0 spiro atoms. The van der Waals surface area contributed by atoms with Crippen LogP contribution in [0.3, 0.4) is 0 Å². The van der Waals surface area contributed by atoms with Crippen molar-refractivity contribution in [2.75, 3.05) is 11.9 Å². The summed E-state index contributed by atoms with van der Waals surface area (Å²) in [6.45, 7) is 0.821. The summed E-state index contributed by atoms with van der Waals surface area (Å²) in [5.74, 6) is 0.287. The number of carbonyl (C=O) groups excluding carboxylic acids is 1. The van der Waals surface area contributed by atoms with Crippen molar-refractivity contribution in [1.82, 2.24) is 9.88 Å². The molecule has 4 rings (SSSR count). The molecule has 1 atom stereocenters. The summed E-state index contributed by atoms with van der Waals surface area (Å²) in [5, 5.41) is 4.62. The summed E-state index contributed by atoms with van der Waals surface area (Å²) in [6, 6.07) is 8.75. The minimum Gasteiger partial charge on any atom is -0.379 e. The van der Waals surface area contributed by atoms with Gasteiger partial charge in [-0.15, -0.1) is 0 Å². The predicted octanol–water partition coefficient (Wildman–Crippen LogP) is 3.17. The Balaban J connectivity index is 1.60. The molecule has 5 heteroatoms. The number of amides is 1. The van der Waals surface area contributed by atoms with E-state index in [9.17, 15) is 4.79 Å². The minimum atomic E-state index is 0.197. The van der Waals surface area contributed by atoms with Crippen LogP contribution in [0.15, 0.2) is 34.9 Å². The van der Waals surface area contributed by atoms with Crippen LogP contribution in [0.5, 0.6) is 0 Å². The summed E-state index contributed by atoms with van der Waals surface area (Å²) in [4.78, 5) is 18.5. The molecule has 0 radical (unpaired) electrons. The van der Waals surface area contributed by atoms with E-state index in [0.717, 1.165) is 27.6 Å². The lowest BCUT2D eigenvalue weighted by molar-refractivity contribution is -0.128. The highest BCUT2D eigenvalue weighted by Crippen LogP contribution is 2.33. The van der Waals surface area contributed by atoms with Crippen molar-refractivity contribution in [3.8, 4) is 0 Å². The number of halogens is 1. The molecule has 2 fully saturated rings. The first kappa shape index (κ1) is 13.1. The van der Waals surface area contributed by atoms with Gasteiger partial charge in [-0.3, -0.25) is 9.78 Å². The Morgan fingerprint density at radius 2 is 2.14 bits per heavy atom. The lowest BCUT2D eigenvalue weighted by atomic mass is 10.1. The lowest BCUT2D eigenvalue weighted by Crippen LogP contribution is -2.29. The normalized spacial score (nSPS) is 22.0. The number of aromatic nitrogens is 1. The van der Waals surface area contributed by atoms with Gasteiger partial charge in [0, 0.05) is 40.8 Å². The predicted molar refractivity (Wildman–Crippen MR) is 86.2 cm³/mol. The van der Waals surface area contributed by atoms with Crippen molar-refractivity contribution in [3.05, 3.63) is 34.9 Å². The van der Waals surface area contributed by atoms with Crippen LogP contribution in [0.4, 0.5) is 5.69 Å². The zero-order chi connectivity index (χ0) is 14.4. The Hall–Kier alpha value is -1.62. The highest BCUT2D eigenvalue weighted by Gasteiger charge is 2.39. The lowest BCUT2D eigenvalue weighted by Gasteiger charge is -2.17. The zero-order valence-corrected chi connectivity index (χ0v) is 13.1. The molecule has 1 aliphatic heterocycles. The summed E-state index contributed by atoms with van der Waals surface area (Å²) in [7, 11) is 0. The van der Waals surface area contributed by atoms with Crippen molar-refractivity contribution in [3.63, 3.8) is 0 Å². The van der Waals surface area contributed by atoms with Crippen LogP contribution >= 0.6 is 15.9 Å². The molecular weight excluding hydrogens is 330 g/mol. The van der Waals surface area contributed by atoms with Gasteiger partial charge >= 0.3 is 0 Å². The highest BCUT2D eigenvalue weighted by atomic mass is 79.9. The monoisotopic (exact) mass is 345 g/mol. The summed E-state index contributed by atoms with van der Waals surface area (Å²) < 4.78 is 0.991. The Morgan fingerprint density at radius 3 is 2.95 bits per heavy atom. The first-order chi connectivity index (χ1) is 10.2. The van der Waals surface area contributed by atoms with Gasteiger partial charge in [-0.1, -0.05) is 12.1 Å². The Bertz CT molecular complexity index is 714. The van der Waals surface area contributed by atoms with Crippen LogP contribution in [0.25, 0.3) is 10.9 Å². The molecule has 1 amide bonds. The van der Waals surface area contributed by atoms with E-state index in [0.29, 0.717) is 12.5 Å². The zero-order valence-electron chi connectivity index (χ0n) is 11.6. The number of para-hydroxylation sites is 1. The van der Waals surface area contributed by atoms with Crippen LogP contribution in [-0.4, -0.2) is 34.4 Å². The quantitative estimate of drug-likeness (QED) is 0.929. The average Bonchev–Trinajstić information content (AvgIpc) is 3.25. The van der Waals surface area contributed by atoms with Crippen molar-refractivity contribution in [2.24, 2.45) is 0 Å². The molecule has 1 saturated carbocycles. The fourth-order valence-corrected chi connectivity index (χ4v) is 3.52.